The minimum atomic E-state index is -0.903. The number of nitrogens with zero attached hydrogens (tertiary/aromatic N) is 2. The highest BCUT2D eigenvalue weighted by Crippen LogP contribution is 2.34. The maximum Gasteiger partial charge on any atom is 0.329 e. The number of hydrogen-bond acceptors (Lipinski definition) is 8. The van der Waals surface area contributed by atoms with Crippen LogP contribution >= 0.6 is 0 Å². The fourth-order valence-corrected chi connectivity index (χ4v) is 8.22. The fraction of sp³-hybridized carbons (Fsp3) is 0.738. The zero-order valence-corrected chi connectivity index (χ0v) is 33.7. The van der Waals surface area contributed by atoms with Crippen LogP contribution in [0.5, 0.6) is 5.75 Å². The quantitative estimate of drug-likeness (QED) is 0.218. The van der Waals surface area contributed by atoms with Crippen molar-refractivity contribution in [1.29, 1.82) is 0 Å². The van der Waals surface area contributed by atoms with Gasteiger partial charge in [-0.05, 0) is 99.2 Å². The average Bonchev–Trinajstić information content (AvgIpc) is 3.64. The summed E-state index contributed by atoms with van der Waals surface area (Å²) >= 11 is 0. The van der Waals surface area contributed by atoms with Crippen molar-refractivity contribution >= 4 is 29.6 Å². The molecule has 2 aliphatic heterocycles. The Morgan fingerprint density at radius 1 is 0.907 bits per heavy atom. The van der Waals surface area contributed by atoms with Crippen molar-refractivity contribution in [2.45, 2.75) is 136 Å². The second kappa shape index (κ2) is 19.3. The number of carbonyl (C=O) groups excluding carboxylic acids is 5. The lowest BCUT2D eigenvalue weighted by atomic mass is 9.81. The van der Waals surface area contributed by atoms with Crippen molar-refractivity contribution in [3.05, 3.63) is 29.8 Å². The summed E-state index contributed by atoms with van der Waals surface area (Å²) in [5.41, 5.74) is 6.09. The number of carbonyl (C=O) groups is 5. The van der Waals surface area contributed by atoms with Gasteiger partial charge in [0.1, 0.15) is 23.9 Å². The largest absolute Gasteiger partial charge is 0.497 e. The molecule has 3 fully saturated rings. The van der Waals surface area contributed by atoms with Crippen molar-refractivity contribution in [2.24, 2.45) is 40.7 Å². The Labute approximate surface area is 322 Å². The van der Waals surface area contributed by atoms with Crippen molar-refractivity contribution < 1.29 is 38.6 Å². The van der Waals surface area contributed by atoms with Crippen LogP contribution in [0.1, 0.15) is 111 Å². The number of methoxy groups -OCH3 is 1. The highest BCUT2D eigenvalue weighted by Gasteiger charge is 2.41. The smallest absolute Gasteiger partial charge is 0.329 e. The van der Waals surface area contributed by atoms with Crippen LogP contribution in [-0.4, -0.2) is 95.5 Å². The summed E-state index contributed by atoms with van der Waals surface area (Å²) in [6, 6.07) is 5.81. The molecule has 2 heterocycles. The standard InChI is InChI=1S/C42H66N4O8/c1-26-10-14-31(15-11-26)40(51)46-20-8-9-34(46)41(52)54-36(42(4,5)6)24-27(2)23-35(47)28(3)39(50)45-21-18-30(19-22-45)38(49)44-33(37(43)48)25-29-12-16-32(53-7)17-13-29/h12-13,16-17,26-28,30-31,33-36,47H,8-11,14-15,18-25H2,1-7H3,(H2,43,48)(H,44,49)/t26?,27-,28+,31?,33?,34-,35-,36-/m0/s1. The molecule has 1 aromatic rings. The SMILES string of the molecule is COc1ccc(CC(NC(=O)C2CCN(C(=O)[C@H](C)[C@@H](O)C[C@H](C)C[C@H](OC(=O)[C@@H]3CCCN3C(=O)C3CCC(C)CC3)C(C)(C)C)CC2)C(N)=O)cc1. The summed E-state index contributed by atoms with van der Waals surface area (Å²) in [4.78, 5) is 69.3. The lowest BCUT2D eigenvalue weighted by Gasteiger charge is -2.36. The van der Waals surface area contributed by atoms with Crippen LogP contribution < -0.4 is 15.8 Å². The van der Waals surface area contributed by atoms with Gasteiger partial charge in [0.15, 0.2) is 0 Å². The Morgan fingerprint density at radius 2 is 1.54 bits per heavy atom. The van der Waals surface area contributed by atoms with E-state index in [2.05, 4.69) is 12.2 Å². The van der Waals surface area contributed by atoms with Crippen LogP contribution in [0.15, 0.2) is 24.3 Å². The van der Waals surface area contributed by atoms with Crippen LogP contribution in [0.2, 0.25) is 0 Å². The first-order valence-electron chi connectivity index (χ1n) is 20.2. The fourth-order valence-electron chi connectivity index (χ4n) is 8.22. The predicted molar refractivity (Wildman–Crippen MR) is 206 cm³/mol. The lowest BCUT2D eigenvalue weighted by Crippen LogP contribution is -2.51. The van der Waals surface area contributed by atoms with Crippen molar-refractivity contribution in [1.82, 2.24) is 15.1 Å². The summed E-state index contributed by atoms with van der Waals surface area (Å²) < 4.78 is 11.4. The second-order valence-electron chi connectivity index (χ2n) is 17.5. The monoisotopic (exact) mass is 754 g/mol. The number of amides is 4. The van der Waals surface area contributed by atoms with Gasteiger partial charge in [0, 0.05) is 37.9 Å². The van der Waals surface area contributed by atoms with Crippen LogP contribution in [-0.2, 0) is 35.1 Å². The van der Waals surface area contributed by atoms with Crippen LogP contribution in [0, 0.1) is 35.0 Å². The number of likely N-dealkylation sites (tertiary alicyclic amines) is 2. The highest BCUT2D eigenvalue weighted by molar-refractivity contribution is 5.88. The maximum atomic E-state index is 13.6. The molecule has 1 aromatic carbocycles. The molecule has 0 spiro atoms. The maximum absolute atomic E-state index is 13.6. The summed E-state index contributed by atoms with van der Waals surface area (Å²) in [5.74, 6) is -1.06. The average molecular weight is 755 g/mol. The molecule has 302 valence electrons. The topological polar surface area (TPSA) is 169 Å². The van der Waals surface area contributed by atoms with E-state index in [9.17, 15) is 29.1 Å². The molecule has 54 heavy (non-hydrogen) atoms. The van der Waals surface area contributed by atoms with Crippen molar-refractivity contribution in [2.75, 3.05) is 26.7 Å². The number of hydrogen-bond donors (Lipinski definition) is 3. The van der Waals surface area contributed by atoms with Gasteiger partial charge in [-0.1, -0.05) is 53.7 Å². The molecule has 0 radical (unpaired) electrons. The van der Waals surface area contributed by atoms with Crippen molar-refractivity contribution in [3.8, 4) is 5.75 Å². The Bertz CT molecular complexity index is 1430. The van der Waals surface area contributed by atoms with Gasteiger partial charge in [0.2, 0.25) is 23.6 Å². The molecule has 0 aromatic heterocycles. The molecule has 12 heteroatoms. The molecule has 4 rings (SSSR count). The third-order valence-corrected chi connectivity index (χ3v) is 12.1. The molecule has 1 aliphatic carbocycles. The van der Waals surface area contributed by atoms with E-state index >= 15 is 0 Å². The summed E-state index contributed by atoms with van der Waals surface area (Å²) in [6.07, 6.45) is 5.92. The highest BCUT2D eigenvalue weighted by atomic mass is 16.5. The molecule has 2 saturated heterocycles. The Morgan fingerprint density at radius 3 is 2.11 bits per heavy atom. The molecule has 4 N–H and O–H groups in total. The number of aliphatic hydroxyl groups excluding tert-OH is 1. The third-order valence-electron chi connectivity index (χ3n) is 12.1. The second-order valence-corrected chi connectivity index (χ2v) is 17.5. The first-order chi connectivity index (χ1) is 25.5. The van der Waals surface area contributed by atoms with E-state index in [0.717, 1.165) is 37.7 Å². The van der Waals surface area contributed by atoms with E-state index in [0.29, 0.717) is 63.4 Å². The van der Waals surface area contributed by atoms with Crippen LogP contribution in [0.3, 0.4) is 0 Å². The minimum Gasteiger partial charge on any atom is -0.497 e. The van der Waals surface area contributed by atoms with Gasteiger partial charge >= 0.3 is 5.97 Å². The summed E-state index contributed by atoms with van der Waals surface area (Å²) in [5, 5.41) is 14.0. The van der Waals surface area contributed by atoms with Crippen LogP contribution in [0.25, 0.3) is 0 Å². The molecule has 1 saturated carbocycles. The number of ether oxygens (including phenoxy) is 2. The van der Waals surface area contributed by atoms with Gasteiger partial charge in [-0.3, -0.25) is 19.2 Å². The van der Waals surface area contributed by atoms with E-state index < -0.39 is 36.1 Å². The molecule has 3 aliphatic rings. The van der Waals surface area contributed by atoms with E-state index in [-0.39, 0.29) is 53.3 Å². The molecular formula is C42H66N4O8. The molecule has 1 unspecified atom stereocenters. The molecule has 6 atom stereocenters. The number of benzene rings is 1. The first kappa shape index (κ1) is 43.1. The number of nitrogens with one attached hydrogen (secondary N) is 1. The van der Waals surface area contributed by atoms with E-state index in [1.807, 2.05) is 39.8 Å². The van der Waals surface area contributed by atoms with E-state index in [4.69, 9.17) is 15.2 Å². The molecular weight excluding hydrogens is 688 g/mol. The van der Waals surface area contributed by atoms with Gasteiger partial charge in [-0.2, -0.15) is 0 Å². The Balaban J connectivity index is 1.24. The van der Waals surface area contributed by atoms with Gasteiger partial charge in [-0.15, -0.1) is 0 Å². The van der Waals surface area contributed by atoms with Gasteiger partial charge < -0.3 is 35.4 Å². The Hall–Kier alpha value is -3.67. The summed E-state index contributed by atoms with van der Waals surface area (Å²) in [7, 11) is 1.57. The molecule has 4 amide bonds. The lowest BCUT2D eigenvalue weighted by molar-refractivity contribution is -0.165. The summed E-state index contributed by atoms with van der Waals surface area (Å²) in [6.45, 7) is 13.4. The molecule has 0 bridgehead atoms. The number of rotatable bonds is 15. The predicted octanol–water partition coefficient (Wildman–Crippen LogP) is 4.63. The Kier molecular flexibility index (Phi) is 15.4. The first-order valence-corrected chi connectivity index (χ1v) is 20.2. The van der Waals surface area contributed by atoms with Gasteiger partial charge in [-0.25, -0.2) is 4.79 Å². The van der Waals surface area contributed by atoms with E-state index in [1.165, 1.54) is 0 Å². The van der Waals surface area contributed by atoms with Crippen LogP contribution in [0.4, 0.5) is 0 Å². The zero-order chi connectivity index (χ0) is 39.7. The number of nitrogens with two attached hydrogens (primary N) is 1. The van der Waals surface area contributed by atoms with Gasteiger partial charge in [0.05, 0.1) is 19.1 Å². The number of piperidine rings is 1. The van der Waals surface area contributed by atoms with Crippen molar-refractivity contribution in [3.63, 3.8) is 0 Å². The number of primary amides is 1. The minimum absolute atomic E-state index is 0.0117. The van der Waals surface area contributed by atoms with Gasteiger partial charge in [0.25, 0.3) is 0 Å². The number of aliphatic hydroxyl groups is 1. The third kappa shape index (κ3) is 11.7. The zero-order valence-electron chi connectivity index (χ0n) is 33.7. The van der Waals surface area contributed by atoms with E-state index in [1.54, 1.807) is 36.0 Å². The normalized spacial score (nSPS) is 23.8. The number of esters is 1. The molecule has 12 nitrogen and oxygen atoms in total.